The summed E-state index contributed by atoms with van der Waals surface area (Å²) in [4.78, 5) is 12.3. The normalized spacial score (nSPS) is 22.6. The van der Waals surface area contributed by atoms with Crippen LogP contribution in [0.25, 0.3) is 0 Å². The Morgan fingerprint density at radius 1 is 0.909 bits per heavy atom. The predicted molar refractivity (Wildman–Crippen MR) is 99.8 cm³/mol. The van der Waals surface area contributed by atoms with Crippen LogP contribution in [-0.4, -0.2) is 16.5 Å². The number of esters is 1. The highest BCUT2D eigenvalue weighted by Gasteiger charge is 2.14. The second-order valence-corrected chi connectivity index (χ2v) is 7.98. The van der Waals surface area contributed by atoms with Crippen LogP contribution in [0, 0.1) is 0 Å². The molecular formula is C19H27IO2. The number of hydrogen-bond donors (Lipinski definition) is 0. The molecule has 122 valence electrons. The molecule has 1 unspecified atom stereocenters. The Bertz CT molecular complexity index is 459. The Balaban J connectivity index is 1.99. The van der Waals surface area contributed by atoms with Crippen molar-refractivity contribution in [1.82, 2.24) is 0 Å². The van der Waals surface area contributed by atoms with Gasteiger partial charge in [0.05, 0.1) is 5.56 Å². The van der Waals surface area contributed by atoms with Crippen molar-refractivity contribution in [2.75, 3.05) is 6.61 Å². The number of aryl methyl sites for hydroxylation is 1. The van der Waals surface area contributed by atoms with Gasteiger partial charge < -0.3 is 4.74 Å². The lowest BCUT2D eigenvalue weighted by molar-refractivity contribution is 0.0507. The summed E-state index contributed by atoms with van der Waals surface area (Å²) in [6.45, 7) is 0.535. The zero-order valence-corrected chi connectivity index (χ0v) is 15.5. The molecule has 3 heteroatoms. The Labute approximate surface area is 148 Å². The van der Waals surface area contributed by atoms with Crippen LogP contribution in [0.5, 0.6) is 0 Å². The Morgan fingerprint density at radius 3 is 2.32 bits per heavy atom. The second-order valence-electron chi connectivity index (χ2n) is 6.22. The molecule has 0 saturated heterocycles. The molecule has 0 saturated carbocycles. The quantitative estimate of drug-likeness (QED) is 0.309. The smallest absolute Gasteiger partial charge is 0.338 e. The molecule has 0 amide bonds. The number of ether oxygens (including phenoxy) is 1. The minimum atomic E-state index is -0.149. The second kappa shape index (κ2) is 10.2. The van der Waals surface area contributed by atoms with Gasteiger partial charge in [-0.2, -0.15) is 0 Å². The van der Waals surface area contributed by atoms with E-state index in [1.165, 1.54) is 51.4 Å². The van der Waals surface area contributed by atoms with Crippen molar-refractivity contribution in [3.8, 4) is 0 Å². The maximum Gasteiger partial charge on any atom is 0.338 e. The molecule has 0 aromatic heterocycles. The first-order valence-electron chi connectivity index (χ1n) is 8.66. The Hall–Kier alpha value is -0.580. The largest absolute Gasteiger partial charge is 0.461 e. The van der Waals surface area contributed by atoms with Crippen LogP contribution >= 0.6 is 22.6 Å². The van der Waals surface area contributed by atoms with Crippen LogP contribution in [0.4, 0.5) is 0 Å². The van der Waals surface area contributed by atoms with Crippen molar-refractivity contribution in [3.63, 3.8) is 0 Å². The van der Waals surface area contributed by atoms with Crippen LogP contribution in [0.1, 0.15) is 73.7 Å². The first-order valence-corrected chi connectivity index (χ1v) is 9.91. The summed E-state index contributed by atoms with van der Waals surface area (Å²) in [5.74, 6) is -0.149. The van der Waals surface area contributed by atoms with E-state index in [2.05, 4.69) is 28.7 Å². The molecule has 2 rings (SSSR count). The number of fused-ring (bicyclic) bond motifs is 1. The summed E-state index contributed by atoms with van der Waals surface area (Å²) < 4.78 is 5.97. The summed E-state index contributed by atoms with van der Waals surface area (Å²) in [7, 11) is 0. The molecule has 0 spiro atoms. The third-order valence-corrected chi connectivity index (χ3v) is 5.33. The first-order chi connectivity index (χ1) is 10.8. The lowest BCUT2D eigenvalue weighted by Crippen LogP contribution is -2.15. The number of alkyl halides is 1. The molecule has 1 atom stereocenters. The van der Waals surface area contributed by atoms with E-state index in [9.17, 15) is 4.79 Å². The zero-order valence-electron chi connectivity index (χ0n) is 13.4. The van der Waals surface area contributed by atoms with Crippen molar-refractivity contribution in [3.05, 3.63) is 35.4 Å². The highest BCUT2D eigenvalue weighted by Crippen LogP contribution is 2.19. The van der Waals surface area contributed by atoms with E-state index in [0.29, 0.717) is 10.5 Å². The summed E-state index contributed by atoms with van der Waals surface area (Å²) in [6, 6.07) is 7.93. The zero-order chi connectivity index (χ0) is 15.6. The number of rotatable bonds is 0. The van der Waals surface area contributed by atoms with Gasteiger partial charge in [0.25, 0.3) is 0 Å². The van der Waals surface area contributed by atoms with E-state index < -0.39 is 0 Å². The maximum absolute atomic E-state index is 12.3. The monoisotopic (exact) mass is 414 g/mol. The molecule has 1 aliphatic heterocycles. The Kier molecular flexibility index (Phi) is 8.27. The van der Waals surface area contributed by atoms with Gasteiger partial charge in [-0.3, -0.25) is 0 Å². The number of benzene rings is 1. The van der Waals surface area contributed by atoms with E-state index in [4.69, 9.17) is 4.74 Å². The molecule has 0 radical (unpaired) electrons. The SMILES string of the molecule is O=C1OCC(I)CCCCCCCCCCc2ccccc21. The molecule has 1 aliphatic rings. The number of carbonyl (C=O) groups is 1. The average molecular weight is 414 g/mol. The van der Waals surface area contributed by atoms with Crippen LogP contribution in [0.3, 0.4) is 0 Å². The van der Waals surface area contributed by atoms with Crippen molar-refractivity contribution >= 4 is 28.6 Å². The first kappa shape index (κ1) is 17.8. The highest BCUT2D eigenvalue weighted by atomic mass is 127. The predicted octanol–water partition coefficient (Wildman–Crippen LogP) is 5.71. The van der Waals surface area contributed by atoms with E-state index in [1.807, 2.05) is 18.2 Å². The third-order valence-electron chi connectivity index (χ3n) is 4.35. The third kappa shape index (κ3) is 6.27. The highest BCUT2D eigenvalue weighted by molar-refractivity contribution is 14.1. The fourth-order valence-corrected chi connectivity index (χ4v) is 3.63. The molecular weight excluding hydrogens is 387 g/mol. The van der Waals surface area contributed by atoms with E-state index in [0.717, 1.165) is 24.0 Å². The van der Waals surface area contributed by atoms with Crippen LogP contribution in [0.2, 0.25) is 0 Å². The fourth-order valence-electron chi connectivity index (χ4n) is 3.01. The summed E-state index contributed by atoms with van der Waals surface area (Å²) in [5.41, 5.74) is 1.91. The molecule has 0 aliphatic carbocycles. The lowest BCUT2D eigenvalue weighted by atomic mass is 10.00. The van der Waals surface area contributed by atoms with Crippen molar-refractivity contribution in [2.24, 2.45) is 0 Å². The summed E-state index contributed by atoms with van der Waals surface area (Å²) in [6.07, 6.45) is 12.5. The van der Waals surface area contributed by atoms with E-state index in [-0.39, 0.29) is 5.97 Å². The molecule has 0 N–H and O–H groups in total. The van der Waals surface area contributed by atoms with E-state index >= 15 is 0 Å². The van der Waals surface area contributed by atoms with Gasteiger partial charge in [-0.05, 0) is 30.9 Å². The number of hydrogen-bond acceptors (Lipinski definition) is 2. The van der Waals surface area contributed by atoms with Crippen molar-refractivity contribution < 1.29 is 9.53 Å². The van der Waals surface area contributed by atoms with Gasteiger partial charge in [0, 0.05) is 3.92 Å². The Morgan fingerprint density at radius 2 is 1.55 bits per heavy atom. The van der Waals surface area contributed by atoms with Gasteiger partial charge in [-0.15, -0.1) is 0 Å². The number of halogens is 1. The molecule has 1 aromatic carbocycles. The minimum Gasteiger partial charge on any atom is -0.461 e. The summed E-state index contributed by atoms with van der Waals surface area (Å²) >= 11 is 2.41. The fraction of sp³-hybridized carbons (Fsp3) is 0.632. The molecule has 0 fully saturated rings. The average Bonchev–Trinajstić information content (AvgIpc) is 2.54. The number of carbonyl (C=O) groups excluding carboxylic acids is 1. The molecule has 1 aromatic rings. The minimum absolute atomic E-state index is 0.149. The van der Waals surface area contributed by atoms with Crippen LogP contribution < -0.4 is 0 Å². The van der Waals surface area contributed by atoms with Crippen LogP contribution in [0.15, 0.2) is 24.3 Å². The van der Waals surface area contributed by atoms with Gasteiger partial charge in [-0.25, -0.2) is 4.79 Å². The lowest BCUT2D eigenvalue weighted by Gasteiger charge is -2.13. The molecule has 0 bridgehead atoms. The van der Waals surface area contributed by atoms with Gasteiger partial charge >= 0.3 is 5.97 Å². The maximum atomic E-state index is 12.3. The van der Waals surface area contributed by atoms with E-state index in [1.54, 1.807) is 0 Å². The standard InChI is InChI=1S/C19H27IO2/c20-17-13-8-6-4-2-1-3-5-7-11-16-12-9-10-14-18(16)19(21)22-15-17/h9-10,12,14,17H,1-8,11,13,15H2. The molecule has 1 heterocycles. The van der Waals surface area contributed by atoms with Gasteiger partial charge in [-0.1, -0.05) is 85.7 Å². The van der Waals surface area contributed by atoms with Crippen molar-refractivity contribution in [2.45, 2.75) is 68.1 Å². The van der Waals surface area contributed by atoms with Crippen LogP contribution in [-0.2, 0) is 11.2 Å². The van der Waals surface area contributed by atoms with Gasteiger partial charge in [0.15, 0.2) is 0 Å². The summed E-state index contributed by atoms with van der Waals surface area (Å²) in [5, 5.41) is 0. The van der Waals surface area contributed by atoms with Gasteiger partial charge in [0.2, 0.25) is 0 Å². The van der Waals surface area contributed by atoms with Gasteiger partial charge in [0.1, 0.15) is 6.61 Å². The van der Waals surface area contributed by atoms with Crippen molar-refractivity contribution in [1.29, 1.82) is 0 Å². The molecule has 2 nitrogen and oxygen atoms in total. The topological polar surface area (TPSA) is 26.3 Å². The molecule has 22 heavy (non-hydrogen) atoms. The number of cyclic esters (lactones) is 1.